The van der Waals surface area contributed by atoms with Crippen molar-refractivity contribution in [3.8, 4) is 0 Å². The Morgan fingerprint density at radius 1 is 1.27 bits per heavy atom. The smallest absolute Gasteiger partial charge is 0.341 e. The van der Waals surface area contributed by atoms with Gasteiger partial charge >= 0.3 is 5.97 Å². The van der Waals surface area contributed by atoms with E-state index in [0.29, 0.717) is 26.2 Å². The van der Waals surface area contributed by atoms with Gasteiger partial charge in [0.15, 0.2) is 5.82 Å². The number of carboxylic acid groups (broad SMARTS) is 1. The third-order valence-electron chi connectivity index (χ3n) is 4.76. The number of nitrogens with zero attached hydrogens (tertiary/aromatic N) is 3. The van der Waals surface area contributed by atoms with Gasteiger partial charge in [0.05, 0.1) is 5.39 Å². The summed E-state index contributed by atoms with van der Waals surface area (Å²) in [5, 5.41) is 8.83. The largest absolute Gasteiger partial charge is 0.477 e. The van der Waals surface area contributed by atoms with E-state index in [2.05, 4.69) is 10.3 Å². The molecule has 0 radical (unpaired) electrons. The molecule has 2 N–H and O–H groups in total. The Morgan fingerprint density at radius 3 is 2.46 bits per heavy atom. The van der Waals surface area contributed by atoms with Crippen LogP contribution in [0.5, 0.6) is 0 Å². The lowest BCUT2D eigenvalue weighted by Gasteiger charge is -2.36. The maximum atomic E-state index is 15.2. The molecular formula is C17H20F2N4O3. The molecule has 0 amide bonds. The van der Waals surface area contributed by atoms with Crippen molar-refractivity contribution in [3.05, 3.63) is 39.7 Å². The van der Waals surface area contributed by atoms with Crippen molar-refractivity contribution in [2.45, 2.75) is 6.92 Å². The van der Waals surface area contributed by atoms with Crippen LogP contribution < -0.4 is 15.8 Å². The lowest BCUT2D eigenvalue weighted by atomic mass is 10.1. The van der Waals surface area contributed by atoms with E-state index in [9.17, 15) is 14.0 Å². The van der Waals surface area contributed by atoms with Gasteiger partial charge in [0.2, 0.25) is 5.43 Å². The van der Waals surface area contributed by atoms with Crippen LogP contribution in [0, 0.1) is 11.6 Å². The highest BCUT2D eigenvalue weighted by Crippen LogP contribution is 2.30. The van der Waals surface area contributed by atoms with Crippen molar-refractivity contribution in [1.82, 2.24) is 9.58 Å². The van der Waals surface area contributed by atoms with Gasteiger partial charge < -0.3 is 20.3 Å². The van der Waals surface area contributed by atoms with Crippen LogP contribution >= 0.6 is 0 Å². The lowest BCUT2D eigenvalue weighted by molar-refractivity contribution is 0.0695. The number of carboxylic acids is 1. The molecule has 1 aliphatic heterocycles. The molecule has 1 fully saturated rings. The molecule has 2 aromatic rings. The highest BCUT2D eigenvalue weighted by Gasteiger charge is 2.26. The molecule has 0 bridgehead atoms. The minimum Gasteiger partial charge on any atom is -0.477 e. The SMILES string of the molecule is CCN1CCN(c2c(F)cc3c(=O)c(C(=O)O)cn(NC)c3c2F)CC1. The minimum absolute atomic E-state index is 0.170. The number of rotatable bonds is 4. The van der Waals surface area contributed by atoms with Crippen molar-refractivity contribution in [3.63, 3.8) is 0 Å². The van der Waals surface area contributed by atoms with Crippen LogP contribution in [-0.4, -0.2) is 60.4 Å². The summed E-state index contributed by atoms with van der Waals surface area (Å²) in [5.41, 5.74) is 0.782. The van der Waals surface area contributed by atoms with Crippen LogP contribution in [-0.2, 0) is 0 Å². The van der Waals surface area contributed by atoms with E-state index >= 15 is 4.39 Å². The van der Waals surface area contributed by atoms with Crippen molar-refractivity contribution < 1.29 is 18.7 Å². The number of benzene rings is 1. The number of fused-ring (bicyclic) bond motifs is 1. The van der Waals surface area contributed by atoms with Crippen molar-refractivity contribution >= 4 is 22.6 Å². The molecule has 1 aromatic heterocycles. The number of halogens is 2. The quantitative estimate of drug-likeness (QED) is 0.849. The van der Waals surface area contributed by atoms with E-state index in [4.69, 9.17) is 5.11 Å². The molecule has 0 unspecified atom stereocenters. The van der Waals surface area contributed by atoms with Crippen molar-refractivity contribution in [2.75, 3.05) is 50.1 Å². The predicted molar refractivity (Wildman–Crippen MR) is 94.7 cm³/mol. The summed E-state index contributed by atoms with van der Waals surface area (Å²) in [6.07, 6.45) is 1.01. The van der Waals surface area contributed by atoms with Gasteiger partial charge in [-0.2, -0.15) is 0 Å². The molecule has 1 aromatic carbocycles. The highest BCUT2D eigenvalue weighted by atomic mass is 19.1. The van der Waals surface area contributed by atoms with E-state index < -0.39 is 28.6 Å². The van der Waals surface area contributed by atoms with Crippen molar-refractivity contribution in [2.24, 2.45) is 0 Å². The summed E-state index contributed by atoms with van der Waals surface area (Å²) in [6, 6.07) is 0.919. The second-order valence-electron chi connectivity index (χ2n) is 6.11. The van der Waals surface area contributed by atoms with Crippen LogP contribution in [0.2, 0.25) is 0 Å². The van der Waals surface area contributed by atoms with E-state index in [1.165, 1.54) is 7.05 Å². The molecule has 26 heavy (non-hydrogen) atoms. The highest BCUT2D eigenvalue weighted by molar-refractivity contribution is 5.94. The molecule has 2 heterocycles. The lowest BCUT2D eigenvalue weighted by Crippen LogP contribution is -2.46. The van der Waals surface area contributed by atoms with Crippen LogP contribution in [0.4, 0.5) is 14.5 Å². The third kappa shape index (κ3) is 2.88. The maximum absolute atomic E-state index is 15.2. The number of hydrogen-bond donors (Lipinski definition) is 2. The first kappa shape index (κ1) is 18.1. The van der Waals surface area contributed by atoms with Gasteiger partial charge in [-0.3, -0.25) is 9.47 Å². The maximum Gasteiger partial charge on any atom is 0.341 e. The molecule has 3 rings (SSSR count). The number of aromatic carboxylic acids is 1. The Morgan fingerprint density at radius 2 is 1.92 bits per heavy atom. The van der Waals surface area contributed by atoms with Gasteiger partial charge in [-0.05, 0) is 12.6 Å². The summed E-state index contributed by atoms with van der Waals surface area (Å²) in [5.74, 6) is -3.21. The van der Waals surface area contributed by atoms with Gasteiger partial charge in [-0.15, -0.1) is 0 Å². The molecule has 1 saturated heterocycles. The second-order valence-corrected chi connectivity index (χ2v) is 6.11. The van der Waals surface area contributed by atoms with Crippen LogP contribution in [0.1, 0.15) is 17.3 Å². The van der Waals surface area contributed by atoms with Crippen LogP contribution in [0.25, 0.3) is 10.9 Å². The molecular weight excluding hydrogens is 346 g/mol. The molecule has 0 saturated carbocycles. The molecule has 0 atom stereocenters. The number of hydrogen-bond acceptors (Lipinski definition) is 5. The Bertz CT molecular complexity index is 921. The number of pyridine rings is 1. The van der Waals surface area contributed by atoms with Gasteiger partial charge in [0.25, 0.3) is 0 Å². The first-order chi connectivity index (χ1) is 12.4. The van der Waals surface area contributed by atoms with Gasteiger partial charge in [-0.25, -0.2) is 13.6 Å². The Hall–Kier alpha value is -2.68. The number of likely N-dealkylation sites (N-methyl/N-ethyl adjacent to an activating group) is 1. The third-order valence-corrected chi connectivity index (χ3v) is 4.76. The first-order valence-electron chi connectivity index (χ1n) is 8.34. The molecule has 140 valence electrons. The number of piperazine rings is 1. The van der Waals surface area contributed by atoms with Crippen LogP contribution in [0.3, 0.4) is 0 Å². The standard InChI is InChI=1S/C17H20F2N4O3/c1-3-21-4-6-22(7-5-21)15-12(18)8-10-14(13(15)19)23(20-2)9-11(16(10)24)17(25)26/h8-9,20H,3-7H2,1-2H3,(H,25,26). The summed E-state index contributed by atoms with van der Waals surface area (Å²) in [6.45, 7) is 5.19. The van der Waals surface area contributed by atoms with E-state index in [1.54, 1.807) is 4.90 Å². The monoisotopic (exact) mass is 366 g/mol. The Kier molecular flexibility index (Phi) is 4.82. The van der Waals surface area contributed by atoms with Gasteiger partial charge in [0.1, 0.15) is 22.6 Å². The zero-order valence-corrected chi connectivity index (χ0v) is 14.6. The summed E-state index contributed by atoms with van der Waals surface area (Å²) >= 11 is 0. The average molecular weight is 366 g/mol. The zero-order valence-electron chi connectivity index (χ0n) is 14.6. The number of carbonyl (C=O) groups is 1. The van der Waals surface area contributed by atoms with Gasteiger partial charge in [0, 0.05) is 39.4 Å². The predicted octanol–water partition coefficient (Wildman–Crippen LogP) is 1.29. The van der Waals surface area contributed by atoms with Crippen molar-refractivity contribution in [1.29, 1.82) is 0 Å². The van der Waals surface area contributed by atoms with Crippen LogP contribution in [0.15, 0.2) is 17.1 Å². The first-order valence-corrected chi connectivity index (χ1v) is 8.34. The number of aromatic nitrogens is 1. The minimum atomic E-state index is -1.46. The molecule has 9 heteroatoms. The fourth-order valence-electron chi connectivity index (χ4n) is 3.31. The number of anilines is 1. The zero-order chi connectivity index (χ0) is 19.0. The molecule has 1 aliphatic rings. The number of nitrogens with one attached hydrogen (secondary N) is 1. The second kappa shape index (κ2) is 6.91. The molecule has 0 aliphatic carbocycles. The summed E-state index contributed by atoms with van der Waals surface area (Å²) < 4.78 is 31.0. The van der Waals surface area contributed by atoms with Gasteiger partial charge in [-0.1, -0.05) is 6.92 Å². The van der Waals surface area contributed by atoms with E-state index in [-0.39, 0.29) is 16.6 Å². The topological polar surface area (TPSA) is 77.8 Å². The average Bonchev–Trinajstić information content (AvgIpc) is 2.62. The Balaban J connectivity index is 2.20. The Labute approximate surface area is 148 Å². The van der Waals surface area contributed by atoms with E-state index in [0.717, 1.165) is 23.5 Å². The summed E-state index contributed by atoms with van der Waals surface area (Å²) in [7, 11) is 1.46. The fourth-order valence-corrected chi connectivity index (χ4v) is 3.31. The molecule has 7 nitrogen and oxygen atoms in total. The normalized spacial score (nSPS) is 15.5. The summed E-state index contributed by atoms with van der Waals surface area (Å²) in [4.78, 5) is 27.4. The van der Waals surface area contributed by atoms with E-state index in [1.807, 2.05) is 6.92 Å². The molecule has 0 spiro atoms. The fraction of sp³-hybridized carbons (Fsp3) is 0.412.